The smallest absolute Gasteiger partial charge is 0.311 e. The van der Waals surface area contributed by atoms with Crippen molar-refractivity contribution >= 4 is 47.5 Å². The number of hydrogen-bond donors (Lipinski definition) is 0. The molecule has 4 atom stereocenters. The van der Waals surface area contributed by atoms with Gasteiger partial charge in [-0.15, -0.1) is 0 Å². The molecule has 4 saturated heterocycles. The van der Waals surface area contributed by atoms with E-state index in [0.717, 1.165) is 122 Å². The van der Waals surface area contributed by atoms with Crippen molar-refractivity contribution in [3.05, 3.63) is 0 Å². The maximum absolute atomic E-state index is 12.0. The molecule has 4 aliphatic rings. The molecule has 4 fully saturated rings. The number of likely N-dealkylation sites (tertiary alicyclic amines) is 4. The molecule has 0 spiro atoms. The zero-order valence-electron chi connectivity index (χ0n) is 48.0. The first kappa shape index (κ1) is 67.8. The summed E-state index contributed by atoms with van der Waals surface area (Å²) >= 11 is 0. The van der Waals surface area contributed by atoms with Crippen LogP contribution in [0.4, 0.5) is 0 Å². The van der Waals surface area contributed by atoms with E-state index in [4.69, 9.17) is 14.2 Å². The zero-order chi connectivity index (χ0) is 55.1. The molecule has 4 rings (SSSR count). The van der Waals surface area contributed by atoms with Crippen molar-refractivity contribution in [1.29, 1.82) is 0 Å². The highest BCUT2D eigenvalue weighted by Gasteiger charge is 2.37. The Kier molecular flexibility index (Phi) is 38.4. The fourth-order valence-corrected chi connectivity index (χ4v) is 9.04. The van der Waals surface area contributed by atoms with Gasteiger partial charge in [0.1, 0.15) is 0 Å². The average molecular weight is 1050 g/mol. The number of rotatable bonds is 33. The van der Waals surface area contributed by atoms with Gasteiger partial charge in [0.25, 0.3) is 0 Å². The molecule has 4 unspecified atom stereocenters. The van der Waals surface area contributed by atoms with Crippen LogP contribution in [0, 0.1) is 29.6 Å². The fourth-order valence-electron chi connectivity index (χ4n) is 9.04. The normalized spacial score (nSPS) is 19.2. The number of methoxy groups -OCH3 is 1. The predicted octanol–water partition coefficient (Wildman–Crippen LogP) is 10.1. The summed E-state index contributed by atoms with van der Waals surface area (Å²) in [5, 5.41) is 0. The summed E-state index contributed by atoms with van der Waals surface area (Å²) in [5.74, 6) is -0.854. The van der Waals surface area contributed by atoms with Gasteiger partial charge in [-0.25, -0.2) is 0 Å². The minimum absolute atomic E-state index is 0.0847. The maximum Gasteiger partial charge on any atom is 0.311 e. The lowest BCUT2D eigenvalue weighted by Crippen LogP contribution is -2.28. The molecule has 4 aliphatic heterocycles. The van der Waals surface area contributed by atoms with E-state index >= 15 is 0 Å². The average Bonchev–Trinajstić information content (AvgIpc) is 4.17. The van der Waals surface area contributed by atoms with Gasteiger partial charge in [-0.1, -0.05) is 145 Å². The van der Waals surface area contributed by atoms with Gasteiger partial charge in [-0.05, 0) is 50.9 Å². The lowest BCUT2D eigenvalue weighted by Gasteiger charge is -2.17. The topological polar surface area (TPSA) is 186 Å². The molecule has 0 N–H and O–H groups in total. The molecule has 0 bridgehead atoms. The second-order valence-corrected chi connectivity index (χ2v) is 21.1. The van der Waals surface area contributed by atoms with Gasteiger partial charge in [-0.3, -0.25) is 38.4 Å². The Bertz CT molecular complexity index is 1610. The first-order valence-corrected chi connectivity index (χ1v) is 29.3. The van der Waals surface area contributed by atoms with E-state index in [-0.39, 0.29) is 71.2 Å². The summed E-state index contributed by atoms with van der Waals surface area (Å²) in [4.78, 5) is 101. The van der Waals surface area contributed by atoms with Crippen molar-refractivity contribution in [2.45, 2.75) is 216 Å². The molecule has 4 amide bonds. The van der Waals surface area contributed by atoms with Crippen LogP contribution in [-0.4, -0.2) is 146 Å². The van der Waals surface area contributed by atoms with Crippen molar-refractivity contribution in [3.63, 3.8) is 0 Å². The highest BCUT2D eigenvalue weighted by atomic mass is 16.5. The van der Waals surface area contributed by atoms with Gasteiger partial charge in [-0.2, -0.15) is 0 Å². The summed E-state index contributed by atoms with van der Waals surface area (Å²) in [5.41, 5.74) is 0. The zero-order valence-corrected chi connectivity index (χ0v) is 48.0. The molecule has 16 nitrogen and oxygen atoms in total. The number of nitrogens with zero attached hydrogens (tertiary/aromatic N) is 4. The van der Waals surface area contributed by atoms with Crippen LogP contribution in [0.25, 0.3) is 0 Å². The van der Waals surface area contributed by atoms with Crippen LogP contribution in [0.1, 0.15) is 216 Å². The van der Waals surface area contributed by atoms with Crippen LogP contribution in [0.5, 0.6) is 0 Å². The van der Waals surface area contributed by atoms with Crippen LogP contribution < -0.4 is 0 Å². The predicted molar refractivity (Wildman–Crippen MR) is 289 cm³/mol. The molecule has 428 valence electrons. The third-order valence-electron chi connectivity index (χ3n) is 13.9. The van der Waals surface area contributed by atoms with Gasteiger partial charge in [0.15, 0.2) is 0 Å². The molecule has 0 aromatic rings. The van der Waals surface area contributed by atoms with Crippen molar-refractivity contribution < 1.29 is 57.3 Å². The van der Waals surface area contributed by atoms with Crippen LogP contribution in [0.3, 0.4) is 0 Å². The number of hydrogen-bond acceptors (Lipinski definition) is 12. The molecule has 0 saturated carbocycles. The lowest BCUT2D eigenvalue weighted by atomic mass is 10.1. The van der Waals surface area contributed by atoms with Crippen molar-refractivity contribution in [1.82, 2.24) is 19.6 Å². The molecular formula is C58H104N4O12. The number of esters is 4. The highest BCUT2D eigenvalue weighted by Crippen LogP contribution is 2.23. The van der Waals surface area contributed by atoms with E-state index in [1.165, 1.54) is 45.6 Å². The summed E-state index contributed by atoms with van der Waals surface area (Å²) in [7, 11) is 1.37. The fraction of sp³-hybridized carbons (Fsp3) is 0.862. The first-order valence-electron chi connectivity index (χ1n) is 29.3. The third kappa shape index (κ3) is 29.2. The molecule has 0 aliphatic carbocycles. The Balaban J connectivity index is 0.000000497. The Labute approximate surface area is 447 Å². The molecule has 0 aromatic carbocycles. The van der Waals surface area contributed by atoms with E-state index < -0.39 is 0 Å². The number of carbonyl (C=O) groups excluding carboxylic acids is 8. The second kappa shape index (κ2) is 41.9. The maximum atomic E-state index is 12.0. The summed E-state index contributed by atoms with van der Waals surface area (Å²) in [6.07, 6.45) is 24.4. The molecule has 74 heavy (non-hydrogen) atoms. The molecule has 16 heteroatoms. The molecule has 4 heterocycles. The Morgan fingerprint density at radius 2 is 0.662 bits per heavy atom. The van der Waals surface area contributed by atoms with Crippen molar-refractivity contribution in [2.75, 3.05) is 79.3 Å². The minimum atomic E-state index is -0.263. The van der Waals surface area contributed by atoms with Gasteiger partial charge < -0.3 is 38.5 Å². The largest absolute Gasteiger partial charge is 0.469 e. The van der Waals surface area contributed by atoms with Crippen molar-refractivity contribution in [3.8, 4) is 0 Å². The van der Waals surface area contributed by atoms with E-state index in [1.54, 1.807) is 9.80 Å². The highest BCUT2D eigenvalue weighted by molar-refractivity contribution is 5.88. The molecule has 0 radical (unpaired) electrons. The van der Waals surface area contributed by atoms with E-state index in [9.17, 15) is 38.4 Å². The van der Waals surface area contributed by atoms with E-state index in [0.29, 0.717) is 77.6 Å². The quantitative estimate of drug-likeness (QED) is 0.0345. The molecule has 0 aromatic heterocycles. The Morgan fingerprint density at radius 3 is 1.00 bits per heavy atom. The standard InChI is InChI=1S/C18H33NO3.C15H27NO3.C14H25NO3.C11H19NO3/c1-3-5-7-8-9-11-13-22-18(21)16-14-17(20)19(15-16)12-10-6-4-2;1-3-5-7-8-9-16-12-13(11-14(16)17)15(18)19-10-6-4-2;1-4-5-8-18-14(17)12-9-13(16)15(10-12)7-6-11(2)3;1-3-4-5-6-12-8-9(7-10(12)13)11(14)15-2/h16H,3-15H2,1-2H3;13H,3-12H2,1-2H3;11-12H,4-10H2,1-3H3;9H,3-8H2,1-2H3. The molecular weight excluding hydrogens is 945 g/mol. The van der Waals surface area contributed by atoms with Crippen molar-refractivity contribution in [2.24, 2.45) is 29.6 Å². The lowest BCUT2D eigenvalue weighted by molar-refractivity contribution is -0.149. The number of carbonyl (C=O) groups is 8. The van der Waals surface area contributed by atoms with Gasteiger partial charge in [0.05, 0.1) is 50.6 Å². The Hall–Kier alpha value is -4.24. The van der Waals surface area contributed by atoms with Crippen LogP contribution in [0.2, 0.25) is 0 Å². The number of ether oxygens (including phenoxy) is 4. The Morgan fingerprint density at radius 1 is 0.392 bits per heavy atom. The second-order valence-electron chi connectivity index (χ2n) is 21.1. The summed E-state index contributed by atoms with van der Waals surface area (Å²) in [6.45, 7) is 23.8. The number of unbranched alkanes of at least 4 members (excludes halogenated alkanes) is 14. The SMILES string of the molecule is CCCCCCCCOC(=O)C1CC(=O)N(CCCCC)C1.CCCCCCN1CC(C(=O)OCCCC)CC1=O.CCCCCN1CC(C(=O)OC)CC1=O.CCCCOC(=O)C1CC(=O)N(CCC(C)C)C1. The third-order valence-corrected chi connectivity index (χ3v) is 13.9. The van der Waals surface area contributed by atoms with Gasteiger partial charge in [0.2, 0.25) is 23.6 Å². The van der Waals surface area contributed by atoms with Gasteiger partial charge >= 0.3 is 23.9 Å². The number of amides is 4. The van der Waals surface area contributed by atoms with E-state index in [2.05, 4.69) is 60.1 Å². The van der Waals surface area contributed by atoms with Crippen LogP contribution in [0.15, 0.2) is 0 Å². The van der Waals surface area contributed by atoms with Crippen LogP contribution >= 0.6 is 0 Å². The monoisotopic (exact) mass is 1050 g/mol. The van der Waals surface area contributed by atoms with Crippen LogP contribution in [-0.2, 0) is 57.3 Å². The summed E-state index contributed by atoms with van der Waals surface area (Å²) in [6, 6.07) is 0. The first-order chi connectivity index (χ1) is 35.6. The summed E-state index contributed by atoms with van der Waals surface area (Å²) < 4.78 is 20.3. The van der Waals surface area contributed by atoms with E-state index in [1.807, 2.05) is 9.80 Å². The van der Waals surface area contributed by atoms with Gasteiger partial charge in [0, 0.05) is 78.0 Å². The minimum Gasteiger partial charge on any atom is -0.469 e.